The Morgan fingerprint density at radius 3 is 2.70 bits per heavy atom. The molecule has 4 N–H and O–H groups in total. The van der Waals surface area contributed by atoms with Crippen LogP contribution in [0, 0.1) is 6.92 Å². The number of fused-ring (bicyclic) bond motifs is 1. The van der Waals surface area contributed by atoms with E-state index >= 15 is 0 Å². The van der Waals surface area contributed by atoms with Gasteiger partial charge in [0, 0.05) is 34.9 Å². The molecule has 0 atom stereocenters. The molecule has 6 heteroatoms. The molecule has 0 bridgehead atoms. The van der Waals surface area contributed by atoms with Gasteiger partial charge in [-0.1, -0.05) is 13.3 Å². The zero-order chi connectivity index (χ0) is 18.8. The summed E-state index contributed by atoms with van der Waals surface area (Å²) in [5, 5.41) is 13.6. The topological polar surface area (TPSA) is 92.5 Å². The zero-order valence-corrected chi connectivity index (χ0v) is 16.1. The Balaban J connectivity index is 1.77. The Hall–Kier alpha value is -2.47. The second-order valence-electron chi connectivity index (χ2n) is 7.67. The van der Waals surface area contributed by atoms with Crippen molar-refractivity contribution in [2.75, 3.05) is 5.32 Å². The second-order valence-corrected chi connectivity index (χ2v) is 7.67. The number of nitrogens with two attached hydrogens (primary N) is 1. The summed E-state index contributed by atoms with van der Waals surface area (Å²) in [7, 11) is 0. The van der Waals surface area contributed by atoms with E-state index in [1.54, 1.807) is 0 Å². The van der Waals surface area contributed by atoms with E-state index < -0.39 is 0 Å². The summed E-state index contributed by atoms with van der Waals surface area (Å²) in [6.45, 7) is 4.14. The molecular formula is C21H28N6. The maximum Gasteiger partial charge on any atom is 0.139 e. The van der Waals surface area contributed by atoms with E-state index in [2.05, 4.69) is 38.5 Å². The maximum atomic E-state index is 6.09. The highest BCUT2D eigenvalue weighted by Crippen LogP contribution is 2.35. The van der Waals surface area contributed by atoms with E-state index in [-0.39, 0.29) is 0 Å². The molecule has 0 aromatic carbocycles. The Morgan fingerprint density at radius 2 is 2.00 bits per heavy atom. The Bertz CT molecular complexity index is 906. The summed E-state index contributed by atoms with van der Waals surface area (Å²) in [6, 6.07) is 7.01. The summed E-state index contributed by atoms with van der Waals surface area (Å²) in [4.78, 5) is 8.13. The predicted octanol–water partition coefficient (Wildman–Crippen LogP) is 3.96. The number of hydrogen-bond acceptors (Lipinski definition) is 5. The number of pyridine rings is 1. The first kappa shape index (κ1) is 17.9. The molecule has 27 heavy (non-hydrogen) atoms. The van der Waals surface area contributed by atoms with Crippen LogP contribution in [0.1, 0.15) is 50.4 Å². The molecule has 3 heterocycles. The van der Waals surface area contributed by atoms with Gasteiger partial charge in [-0.05, 0) is 57.2 Å². The van der Waals surface area contributed by atoms with Crippen molar-refractivity contribution >= 4 is 16.7 Å². The van der Waals surface area contributed by atoms with E-state index in [0.717, 1.165) is 72.2 Å². The van der Waals surface area contributed by atoms with Crippen LogP contribution in [-0.2, 0) is 6.42 Å². The van der Waals surface area contributed by atoms with Crippen LogP contribution in [0.3, 0.4) is 0 Å². The molecule has 0 aliphatic heterocycles. The van der Waals surface area contributed by atoms with Gasteiger partial charge in [0.05, 0.1) is 17.1 Å². The molecule has 1 aliphatic carbocycles. The quantitative estimate of drug-likeness (QED) is 0.637. The first-order chi connectivity index (χ1) is 13.1. The lowest BCUT2D eigenvalue weighted by molar-refractivity contribution is 0.411. The summed E-state index contributed by atoms with van der Waals surface area (Å²) in [5.74, 6) is 0. The third kappa shape index (κ3) is 3.81. The van der Waals surface area contributed by atoms with Crippen molar-refractivity contribution in [1.29, 1.82) is 0 Å². The van der Waals surface area contributed by atoms with E-state index in [4.69, 9.17) is 5.73 Å². The van der Waals surface area contributed by atoms with E-state index in [9.17, 15) is 0 Å². The number of hydrogen-bond donors (Lipinski definition) is 3. The molecule has 0 amide bonds. The minimum atomic E-state index is 0.339. The third-order valence-electron chi connectivity index (χ3n) is 5.43. The molecule has 4 rings (SSSR count). The summed E-state index contributed by atoms with van der Waals surface area (Å²) in [6.07, 6.45) is 8.36. The van der Waals surface area contributed by atoms with Gasteiger partial charge in [-0.25, -0.2) is 4.98 Å². The lowest BCUT2D eigenvalue weighted by atomic mass is 9.91. The van der Waals surface area contributed by atoms with Crippen molar-refractivity contribution in [3.8, 4) is 11.3 Å². The minimum Gasteiger partial charge on any atom is -0.381 e. The number of H-pyrrole nitrogens is 1. The average Bonchev–Trinajstić information content (AvgIpc) is 3.08. The fraction of sp³-hybridized carbons (Fsp3) is 0.476. The molecule has 1 fully saturated rings. The fourth-order valence-electron chi connectivity index (χ4n) is 3.89. The number of anilines is 1. The second kappa shape index (κ2) is 7.64. The highest BCUT2D eigenvalue weighted by molar-refractivity contribution is 5.98. The molecule has 0 spiro atoms. The van der Waals surface area contributed by atoms with Crippen molar-refractivity contribution in [3.05, 3.63) is 35.8 Å². The van der Waals surface area contributed by atoms with Crippen molar-refractivity contribution < 1.29 is 0 Å². The monoisotopic (exact) mass is 364 g/mol. The molecule has 3 aromatic heterocycles. The molecule has 6 nitrogen and oxygen atoms in total. The SMILES string of the molecule is CCCc1cc2c(NC3CCC(N)CC3)c(-c3ccc(C)nn3)cnc2[nH]1. The molecule has 1 saturated carbocycles. The molecule has 0 unspecified atom stereocenters. The van der Waals surface area contributed by atoms with Crippen molar-refractivity contribution in [1.82, 2.24) is 20.2 Å². The number of rotatable bonds is 5. The molecule has 0 saturated heterocycles. The zero-order valence-electron chi connectivity index (χ0n) is 16.1. The summed E-state index contributed by atoms with van der Waals surface area (Å²) >= 11 is 0. The van der Waals surface area contributed by atoms with Crippen LogP contribution >= 0.6 is 0 Å². The first-order valence-corrected chi connectivity index (χ1v) is 9.97. The molecule has 142 valence electrons. The third-order valence-corrected chi connectivity index (χ3v) is 5.43. The fourth-order valence-corrected chi connectivity index (χ4v) is 3.89. The van der Waals surface area contributed by atoms with Crippen LogP contribution in [0.4, 0.5) is 5.69 Å². The summed E-state index contributed by atoms with van der Waals surface area (Å²) in [5.41, 5.74) is 12.1. The van der Waals surface area contributed by atoms with Gasteiger partial charge >= 0.3 is 0 Å². The Labute approximate surface area is 160 Å². The van der Waals surface area contributed by atoms with Gasteiger partial charge in [-0.15, -0.1) is 0 Å². The number of aromatic nitrogens is 4. The normalized spacial score (nSPS) is 20.1. The maximum absolute atomic E-state index is 6.09. The van der Waals surface area contributed by atoms with Crippen LogP contribution in [-0.4, -0.2) is 32.2 Å². The Morgan fingerprint density at radius 1 is 1.19 bits per heavy atom. The minimum absolute atomic E-state index is 0.339. The molecular weight excluding hydrogens is 336 g/mol. The van der Waals surface area contributed by atoms with E-state index in [1.807, 2.05) is 25.3 Å². The number of aryl methyl sites for hydroxylation is 2. The van der Waals surface area contributed by atoms with Crippen LogP contribution in [0.5, 0.6) is 0 Å². The van der Waals surface area contributed by atoms with Gasteiger partial charge < -0.3 is 16.0 Å². The lowest BCUT2D eigenvalue weighted by Gasteiger charge is -2.28. The first-order valence-electron chi connectivity index (χ1n) is 9.97. The standard InChI is InChI=1S/C21H28N6/c1-3-4-16-11-17-20(24-15-8-6-14(22)7-9-15)18(12-23-21(17)25-16)19-10-5-13(2)26-27-19/h5,10-12,14-15H,3-4,6-9,22H2,1-2H3,(H2,23,24,25). The molecule has 3 aromatic rings. The lowest BCUT2D eigenvalue weighted by Crippen LogP contribution is -2.33. The largest absolute Gasteiger partial charge is 0.381 e. The Kier molecular flexibility index (Phi) is 5.07. The highest BCUT2D eigenvalue weighted by Gasteiger charge is 2.22. The van der Waals surface area contributed by atoms with Crippen molar-refractivity contribution in [2.45, 2.75) is 64.5 Å². The van der Waals surface area contributed by atoms with Gasteiger partial charge in [0.1, 0.15) is 5.65 Å². The average molecular weight is 364 g/mol. The van der Waals surface area contributed by atoms with E-state index in [1.165, 1.54) is 5.69 Å². The molecule has 1 aliphatic rings. The van der Waals surface area contributed by atoms with Gasteiger partial charge in [-0.3, -0.25) is 0 Å². The van der Waals surface area contributed by atoms with Crippen molar-refractivity contribution in [3.63, 3.8) is 0 Å². The van der Waals surface area contributed by atoms with Crippen molar-refractivity contribution in [2.24, 2.45) is 5.73 Å². The van der Waals surface area contributed by atoms with Crippen LogP contribution in [0.15, 0.2) is 24.4 Å². The van der Waals surface area contributed by atoms with Crippen LogP contribution < -0.4 is 11.1 Å². The van der Waals surface area contributed by atoms with Crippen LogP contribution in [0.25, 0.3) is 22.3 Å². The number of nitrogens with one attached hydrogen (secondary N) is 2. The van der Waals surface area contributed by atoms with E-state index in [0.29, 0.717) is 12.1 Å². The number of nitrogens with zero attached hydrogens (tertiary/aromatic N) is 3. The number of aromatic amines is 1. The van der Waals surface area contributed by atoms with Crippen LogP contribution in [0.2, 0.25) is 0 Å². The molecule has 0 radical (unpaired) electrons. The van der Waals surface area contributed by atoms with Gasteiger partial charge in [0.25, 0.3) is 0 Å². The van der Waals surface area contributed by atoms with Gasteiger partial charge in [0.15, 0.2) is 0 Å². The summed E-state index contributed by atoms with van der Waals surface area (Å²) < 4.78 is 0. The smallest absolute Gasteiger partial charge is 0.139 e. The van der Waals surface area contributed by atoms with Gasteiger partial charge in [0.2, 0.25) is 0 Å². The predicted molar refractivity (Wildman–Crippen MR) is 110 cm³/mol. The highest BCUT2D eigenvalue weighted by atomic mass is 15.1. The van der Waals surface area contributed by atoms with Gasteiger partial charge in [-0.2, -0.15) is 10.2 Å².